The minimum atomic E-state index is -1.33. The number of benzene rings is 4. The van der Waals surface area contributed by atoms with Gasteiger partial charge in [0.15, 0.2) is 5.78 Å². The van der Waals surface area contributed by atoms with Crippen molar-refractivity contribution in [3.63, 3.8) is 0 Å². The number of halogens is 1. The summed E-state index contributed by atoms with van der Waals surface area (Å²) < 4.78 is 6.63. The highest BCUT2D eigenvalue weighted by Crippen LogP contribution is 2.22. The van der Waals surface area contributed by atoms with Crippen LogP contribution >= 0.6 is 11.6 Å². The Morgan fingerprint density at radius 2 is 1.54 bits per heavy atom. The lowest BCUT2D eigenvalue weighted by atomic mass is 10.0. The highest BCUT2D eigenvalue weighted by molar-refractivity contribution is 6.30. The normalized spacial score (nSPS) is 11.5. The Kier molecular flexibility index (Phi) is 7.60. The van der Waals surface area contributed by atoms with Gasteiger partial charge in [0.25, 0.3) is 5.91 Å². The summed E-state index contributed by atoms with van der Waals surface area (Å²) in [4.78, 5) is 39.6. The molecule has 2 amide bonds. The molecule has 0 aliphatic heterocycles. The van der Waals surface area contributed by atoms with E-state index in [0.29, 0.717) is 21.6 Å². The predicted octanol–water partition coefficient (Wildman–Crippen LogP) is 5.38. The molecule has 194 valence electrons. The fourth-order valence-electron chi connectivity index (χ4n) is 3.94. The van der Waals surface area contributed by atoms with Crippen LogP contribution in [0.1, 0.15) is 27.7 Å². The second kappa shape index (κ2) is 11.6. The minimum Gasteiger partial charge on any atom is -0.445 e. The van der Waals surface area contributed by atoms with Crippen LogP contribution in [0.25, 0.3) is 11.0 Å². The van der Waals surface area contributed by atoms with Crippen molar-refractivity contribution >= 4 is 46.1 Å². The van der Waals surface area contributed by atoms with E-state index < -0.39 is 18.2 Å². The summed E-state index contributed by atoms with van der Waals surface area (Å²) in [5.41, 5.74) is 2.77. The van der Waals surface area contributed by atoms with Crippen LogP contribution in [0.15, 0.2) is 103 Å². The number of ether oxygens (including phenoxy) is 1. The first kappa shape index (κ1) is 25.6. The Balaban J connectivity index is 1.41. The van der Waals surface area contributed by atoms with Crippen LogP contribution in [0.5, 0.6) is 0 Å². The number of nitrogens with zero attached hydrogens (tertiary/aromatic N) is 3. The third-order valence-corrected chi connectivity index (χ3v) is 6.13. The molecule has 5 aromatic rings. The topological polar surface area (TPSA) is 115 Å². The summed E-state index contributed by atoms with van der Waals surface area (Å²) in [7, 11) is 0. The van der Waals surface area contributed by atoms with Gasteiger partial charge in [-0.15, -0.1) is 5.10 Å². The number of amides is 2. The molecule has 1 unspecified atom stereocenters. The number of carbonyl (C=O) groups excluding carboxylic acids is 3. The zero-order valence-electron chi connectivity index (χ0n) is 20.5. The van der Waals surface area contributed by atoms with Crippen LogP contribution in [0.4, 0.5) is 10.5 Å². The molecule has 10 heteroatoms. The van der Waals surface area contributed by atoms with Crippen LogP contribution in [0, 0.1) is 0 Å². The van der Waals surface area contributed by atoms with E-state index in [9.17, 15) is 14.4 Å². The molecule has 0 aliphatic rings. The Bertz CT molecular complexity index is 1640. The largest absolute Gasteiger partial charge is 0.445 e. The molecular formula is C29H22ClN5O4. The van der Waals surface area contributed by atoms with Gasteiger partial charge < -0.3 is 10.1 Å². The van der Waals surface area contributed by atoms with E-state index in [-0.39, 0.29) is 23.6 Å². The number of fused-ring (bicyclic) bond motifs is 1. The molecule has 4 aromatic carbocycles. The van der Waals surface area contributed by atoms with Crippen molar-refractivity contribution in [1.82, 2.24) is 20.3 Å². The molecule has 5 rings (SSSR count). The van der Waals surface area contributed by atoms with E-state index in [1.165, 1.54) is 4.68 Å². The lowest BCUT2D eigenvalue weighted by Gasteiger charge is -2.20. The maximum Gasteiger partial charge on any atom is 0.409 e. The third-order valence-electron chi connectivity index (χ3n) is 5.87. The summed E-state index contributed by atoms with van der Waals surface area (Å²) >= 11 is 5.96. The standard InChI is InChI=1S/C29H22ClN5O4/c30-21-16-14-20(15-17-21)26(36)22-10-4-5-11-23(22)31-28(37)27(35-25-13-7-6-12-24(25)33-34-35)32-29(38)39-18-19-8-2-1-3-9-19/h1-17,27H,18H2,(H,31,37)(H,32,38). The van der Waals surface area contributed by atoms with Crippen LogP contribution in [-0.2, 0) is 16.1 Å². The second-order valence-corrected chi connectivity index (χ2v) is 8.94. The SMILES string of the molecule is O=C(NC(C(=O)Nc1ccccc1C(=O)c1ccc(Cl)cc1)n1nnc2ccccc21)OCc1ccccc1. The minimum absolute atomic E-state index is 0.0115. The lowest BCUT2D eigenvalue weighted by Crippen LogP contribution is -2.41. The number of carbonyl (C=O) groups is 3. The number of nitrogens with one attached hydrogen (secondary N) is 2. The number of anilines is 1. The van der Waals surface area contributed by atoms with Gasteiger partial charge in [-0.3, -0.25) is 14.9 Å². The highest BCUT2D eigenvalue weighted by atomic mass is 35.5. The van der Waals surface area contributed by atoms with Gasteiger partial charge in [0.05, 0.1) is 11.2 Å². The molecule has 0 saturated carbocycles. The number of hydrogen-bond donors (Lipinski definition) is 2. The van der Waals surface area contributed by atoms with Gasteiger partial charge in [0.1, 0.15) is 12.1 Å². The van der Waals surface area contributed by atoms with E-state index in [1.807, 2.05) is 30.3 Å². The number of aromatic nitrogens is 3. The molecule has 1 atom stereocenters. The number of alkyl carbamates (subject to hydrolysis) is 1. The fraction of sp³-hybridized carbons (Fsp3) is 0.0690. The molecule has 0 spiro atoms. The number of ketones is 1. The van der Waals surface area contributed by atoms with Crippen LogP contribution in [0.2, 0.25) is 5.02 Å². The molecule has 0 saturated heterocycles. The highest BCUT2D eigenvalue weighted by Gasteiger charge is 2.28. The Labute approximate surface area is 228 Å². The Hall–Kier alpha value is -5.02. The van der Waals surface area contributed by atoms with Crippen LogP contribution < -0.4 is 10.6 Å². The molecule has 0 radical (unpaired) electrons. The second-order valence-electron chi connectivity index (χ2n) is 8.50. The summed E-state index contributed by atoms with van der Waals surface area (Å²) in [5, 5.41) is 14.0. The molecule has 0 bridgehead atoms. The number of hydrogen-bond acceptors (Lipinski definition) is 6. The molecule has 1 aromatic heterocycles. The van der Waals surface area contributed by atoms with Crippen LogP contribution in [0.3, 0.4) is 0 Å². The fourth-order valence-corrected chi connectivity index (χ4v) is 4.07. The third kappa shape index (κ3) is 5.94. The van der Waals surface area contributed by atoms with Crippen molar-refractivity contribution in [3.05, 3.63) is 125 Å². The summed E-state index contributed by atoms with van der Waals surface area (Å²) in [6, 6.07) is 29.2. The zero-order valence-corrected chi connectivity index (χ0v) is 21.2. The predicted molar refractivity (Wildman–Crippen MR) is 146 cm³/mol. The summed E-state index contributed by atoms with van der Waals surface area (Å²) in [6.45, 7) is 0.0115. The van der Waals surface area contributed by atoms with Gasteiger partial charge in [-0.2, -0.15) is 0 Å². The van der Waals surface area contributed by atoms with Crippen molar-refractivity contribution in [1.29, 1.82) is 0 Å². The van der Waals surface area contributed by atoms with E-state index >= 15 is 0 Å². The van der Waals surface area contributed by atoms with Crippen molar-refractivity contribution in [2.24, 2.45) is 0 Å². The van der Waals surface area contributed by atoms with Crippen molar-refractivity contribution in [2.45, 2.75) is 12.8 Å². The van der Waals surface area contributed by atoms with Crippen molar-refractivity contribution < 1.29 is 19.1 Å². The van der Waals surface area contributed by atoms with Gasteiger partial charge in [-0.25, -0.2) is 9.48 Å². The van der Waals surface area contributed by atoms with Gasteiger partial charge in [0.2, 0.25) is 6.17 Å². The van der Waals surface area contributed by atoms with E-state index in [0.717, 1.165) is 5.56 Å². The Morgan fingerprint density at radius 1 is 0.846 bits per heavy atom. The monoisotopic (exact) mass is 539 g/mol. The molecular weight excluding hydrogens is 518 g/mol. The Morgan fingerprint density at radius 3 is 2.33 bits per heavy atom. The van der Waals surface area contributed by atoms with Gasteiger partial charge in [-0.1, -0.05) is 71.4 Å². The van der Waals surface area contributed by atoms with Gasteiger partial charge >= 0.3 is 6.09 Å². The molecule has 9 nitrogen and oxygen atoms in total. The van der Waals surface area contributed by atoms with Gasteiger partial charge in [0, 0.05) is 16.1 Å². The number of para-hydroxylation sites is 2. The van der Waals surface area contributed by atoms with E-state index in [2.05, 4.69) is 20.9 Å². The lowest BCUT2D eigenvalue weighted by molar-refractivity contribution is -0.120. The van der Waals surface area contributed by atoms with Crippen molar-refractivity contribution in [3.8, 4) is 0 Å². The number of rotatable bonds is 8. The van der Waals surface area contributed by atoms with Crippen LogP contribution in [-0.4, -0.2) is 32.8 Å². The quantitative estimate of drug-likeness (QED) is 0.256. The maximum atomic E-state index is 13.6. The zero-order chi connectivity index (χ0) is 27.2. The molecule has 2 N–H and O–H groups in total. The van der Waals surface area contributed by atoms with Gasteiger partial charge in [-0.05, 0) is 54.1 Å². The van der Waals surface area contributed by atoms with E-state index in [4.69, 9.17) is 16.3 Å². The average molecular weight is 540 g/mol. The first-order valence-corrected chi connectivity index (χ1v) is 12.3. The summed E-state index contributed by atoms with van der Waals surface area (Å²) in [5.74, 6) is -0.959. The average Bonchev–Trinajstić information content (AvgIpc) is 3.39. The first-order valence-electron chi connectivity index (χ1n) is 12.0. The molecule has 1 heterocycles. The molecule has 0 aliphatic carbocycles. The van der Waals surface area contributed by atoms with E-state index in [1.54, 1.807) is 72.8 Å². The first-order chi connectivity index (χ1) is 19.0. The molecule has 39 heavy (non-hydrogen) atoms. The van der Waals surface area contributed by atoms with Crippen molar-refractivity contribution in [2.75, 3.05) is 5.32 Å². The molecule has 0 fully saturated rings. The smallest absolute Gasteiger partial charge is 0.409 e. The maximum absolute atomic E-state index is 13.6. The summed E-state index contributed by atoms with van der Waals surface area (Å²) in [6.07, 6.45) is -2.16.